The summed E-state index contributed by atoms with van der Waals surface area (Å²) in [5, 5.41) is 18.3. The Balaban J connectivity index is 2.40. The highest BCUT2D eigenvalue weighted by molar-refractivity contribution is 7.12. The summed E-state index contributed by atoms with van der Waals surface area (Å²) in [6.07, 6.45) is 0. The van der Waals surface area contributed by atoms with Crippen LogP contribution in [0.5, 0.6) is 5.75 Å². The molecule has 1 aromatic heterocycles. The maximum absolute atomic E-state index is 12.6. The Bertz CT molecular complexity index is 675. The van der Waals surface area contributed by atoms with Gasteiger partial charge in [-0.3, -0.25) is 14.5 Å². The van der Waals surface area contributed by atoms with Crippen LogP contribution in [0.1, 0.15) is 20.1 Å². The molecule has 0 fully saturated rings. The van der Waals surface area contributed by atoms with Crippen LogP contribution in [0.2, 0.25) is 0 Å². The minimum absolute atomic E-state index is 0.0593. The van der Waals surface area contributed by atoms with Gasteiger partial charge in [0.05, 0.1) is 5.56 Å². The molecule has 0 aliphatic heterocycles. The van der Waals surface area contributed by atoms with Gasteiger partial charge in [0.15, 0.2) is 0 Å². The summed E-state index contributed by atoms with van der Waals surface area (Å²) in [4.78, 5) is 26.7. The number of carboxylic acids is 1. The van der Waals surface area contributed by atoms with Crippen molar-refractivity contribution < 1.29 is 19.8 Å². The van der Waals surface area contributed by atoms with E-state index in [1.807, 2.05) is 13.8 Å². The van der Waals surface area contributed by atoms with E-state index >= 15 is 0 Å². The largest absolute Gasteiger partial charge is 0.508 e. The van der Waals surface area contributed by atoms with Crippen molar-refractivity contribution in [2.24, 2.45) is 0 Å². The van der Waals surface area contributed by atoms with Gasteiger partial charge in [0.25, 0.3) is 5.91 Å². The summed E-state index contributed by atoms with van der Waals surface area (Å²) in [5.74, 6) is -1.39. The average molecular weight is 305 g/mol. The molecule has 0 unspecified atom stereocenters. The Kier molecular flexibility index (Phi) is 4.28. The monoisotopic (exact) mass is 305 g/mol. The molecule has 0 aliphatic carbocycles. The minimum Gasteiger partial charge on any atom is -0.508 e. The Morgan fingerprint density at radius 1 is 1.19 bits per heavy atom. The molecule has 0 bridgehead atoms. The third-order valence-electron chi connectivity index (χ3n) is 2.97. The number of hydrogen-bond donors (Lipinski definition) is 2. The Hall–Kier alpha value is -2.34. The van der Waals surface area contributed by atoms with E-state index in [4.69, 9.17) is 5.11 Å². The van der Waals surface area contributed by atoms with Crippen molar-refractivity contribution in [2.45, 2.75) is 13.8 Å². The van der Waals surface area contributed by atoms with Gasteiger partial charge in [-0.05, 0) is 44.2 Å². The van der Waals surface area contributed by atoms with Crippen LogP contribution < -0.4 is 4.90 Å². The first-order chi connectivity index (χ1) is 9.88. The number of carbonyl (C=O) groups excluding carboxylic acids is 1. The molecule has 0 saturated heterocycles. The van der Waals surface area contributed by atoms with Gasteiger partial charge in [-0.1, -0.05) is 0 Å². The first-order valence-corrected chi connectivity index (χ1v) is 7.10. The van der Waals surface area contributed by atoms with Crippen LogP contribution in [-0.2, 0) is 4.79 Å². The van der Waals surface area contributed by atoms with Crippen LogP contribution in [0.3, 0.4) is 0 Å². The quantitative estimate of drug-likeness (QED) is 0.910. The van der Waals surface area contributed by atoms with Crippen molar-refractivity contribution in [3.8, 4) is 5.75 Å². The molecule has 110 valence electrons. The van der Waals surface area contributed by atoms with E-state index < -0.39 is 12.5 Å². The van der Waals surface area contributed by atoms with Gasteiger partial charge in [-0.15, -0.1) is 11.3 Å². The van der Waals surface area contributed by atoms with Gasteiger partial charge in [-0.2, -0.15) is 0 Å². The molecular weight excluding hydrogens is 290 g/mol. The minimum atomic E-state index is -1.10. The molecule has 0 aliphatic rings. The lowest BCUT2D eigenvalue weighted by Gasteiger charge is -2.21. The summed E-state index contributed by atoms with van der Waals surface area (Å²) in [6, 6.07) is 7.64. The fourth-order valence-electron chi connectivity index (χ4n) is 2.04. The van der Waals surface area contributed by atoms with Crippen LogP contribution in [0.4, 0.5) is 5.69 Å². The molecule has 2 N–H and O–H groups in total. The number of carbonyl (C=O) groups is 2. The van der Waals surface area contributed by atoms with Gasteiger partial charge in [0, 0.05) is 15.4 Å². The number of hydrogen-bond acceptors (Lipinski definition) is 4. The van der Waals surface area contributed by atoms with Crippen molar-refractivity contribution in [3.63, 3.8) is 0 Å². The number of anilines is 1. The number of aliphatic carboxylic acids is 1. The highest BCUT2D eigenvalue weighted by atomic mass is 32.1. The number of aromatic hydroxyl groups is 1. The van der Waals surface area contributed by atoms with E-state index in [1.165, 1.54) is 40.5 Å². The second kappa shape index (κ2) is 5.97. The van der Waals surface area contributed by atoms with Gasteiger partial charge < -0.3 is 10.2 Å². The highest BCUT2D eigenvalue weighted by Gasteiger charge is 2.23. The predicted octanol–water partition coefficient (Wildman–Crippen LogP) is 2.80. The van der Waals surface area contributed by atoms with E-state index in [-0.39, 0.29) is 11.7 Å². The number of phenols is 1. The van der Waals surface area contributed by atoms with Crippen molar-refractivity contribution >= 4 is 28.9 Å². The maximum Gasteiger partial charge on any atom is 0.323 e. The van der Waals surface area contributed by atoms with Crippen LogP contribution in [0.25, 0.3) is 0 Å². The predicted molar refractivity (Wildman–Crippen MR) is 81.2 cm³/mol. The zero-order valence-electron chi connectivity index (χ0n) is 11.7. The maximum atomic E-state index is 12.6. The lowest BCUT2D eigenvalue weighted by Crippen LogP contribution is -2.35. The molecular formula is C15H15NO4S. The van der Waals surface area contributed by atoms with Gasteiger partial charge in [-0.25, -0.2) is 0 Å². The molecule has 1 heterocycles. The molecule has 0 saturated carbocycles. The third kappa shape index (κ3) is 3.41. The molecule has 0 atom stereocenters. The van der Waals surface area contributed by atoms with Crippen molar-refractivity contribution in [2.75, 3.05) is 11.4 Å². The molecule has 1 aromatic carbocycles. The van der Waals surface area contributed by atoms with Gasteiger partial charge >= 0.3 is 5.97 Å². The molecule has 2 aromatic rings. The second-order valence-electron chi connectivity index (χ2n) is 4.63. The first-order valence-electron chi connectivity index (χ1n) is 6.28. The Morgan fingerprint density at radius 3 is 2.29 bits per heavy atom. The highest BCUT2D eigenvalue weighted by Crippen LogP contribution is 2.25. The van der Waals surface area contributed by atoms with E-state index in [1.54, 1.807) is 6.07 Å². The molecule has 5 nitrogen and oxygen atoms in total. The standard InChI is InChI=1S/C15H15NO4S/c1-9-7-13(10(2)21-9)15(20)16(8-14(18)19)11-3-5-12(17)6-4-11/h3-7,17H,8H2,1-2H3,(H,18,19). The molecule has 21 heavy (non-hydrogen) atoms. The zero-order chi connectivity index (χ0) is 15.6. The zero-order valence-corrected chi connectivity index (χ0v) is 12.5. The molecule has 2 rings (SSSR count). The number of carboxylic acid groups (broad SMARTS) is 1. The van der Waals surface area contributed by atoms with Crippen LogP contribution in [-0.4, -0.2) is 28.6 Å². The summed E-state index contributed by atoms with van der Waals surface area (Å²) in [5.41, 5.74) is 0.940. The number of aryl methyl sites for hydroxylation is 2. The van der Waals surface area contributed by atoms with E-state index in [0.29, 0.717) is 11.3 Å². The lowest BCUT2D eigenvalue weighted by atomic mass is 10.2. The fourth-order valence-corrected chi connectivity index (χ4v) is 2.95. The first kappa shape index (κ1) is 15.1. The average Bonchev–Trinajstić information content (AvgIpc) is 2.75. The molecule has 1 amide bonds. The van der Waals surface area contributed by atoms with Crippen LogP contribution in [0.15, 0.2) is 30.3 Å². The summed E-state index contributed by atoms with van der Waals surface area (Å²) >= 11 is 1.50. The summed E-state index contributed by atoms with van der Waals surface area (Å²) in [6.45, 7) is 3.30. The topological polar surface area (TPSA) is 77.8 Å². The third-order valence-corrected chi connectivity index (χ3v) is 3.94. The summed E-state index contributed by atoms with van der Waals surface area (Å²) in [7, 11) is 0. The molecule has 6 heteroatoms. The number of amides is 1. The van der Waals surface area contributed by atoms with Crippen LogP contribution >= 0.6 is 11.3 Å². The number of rotatable bonds is 4. The van der Waals surface area contributed by atoms with Crippen LogP contribution in [0, 0.1) is 13.8 Å². The van der Waals surface area contributed by atoms with E-state index in [9.17, 15) is 14.7 Å². The molecule has 0 radical (unpaired) electrons. The van der Waals surface area contributed by atoms with E-state index in [0.717, 1.165) is 9.75 Å². The van der Waals surface area contributed by atoms with Gasteiger partial charge in [0.1, 0.15) is 12.3 Å². The van der Waals surface area contributed by atoms with E-state index in [2.05, 4.69) is 0 Å². The second-order valence-corrected chi connectivity index (χ2v) is 6.09. The number of phenolic OH excluding ortho intramolecular Hbond substituents is 1. The number of benzene rings is 1. The smallest absolute Gasteiger partial charge is 0.323 e. The Labute approximate surface area is 126 Å². The SMILES string of the molecule is Cc1cc(C(=O)N(CC(=O)O)c2ccc(O)cc2)c(C)s1. The number of nitrogens with zero attached hydrogens (tertiary/aromatic N) is 1. The van der Waals surface area contributed by atoms with Gasteiger partial charge in [0.2, 0.25) is 0 Å². The Morgan fingerprint density at radius 2 is 1.81 bits per heavy atom. The summed E-state index contributed by atoms with van der Waals surface area (Å²) < 4.78 is 0. The number of thiophene rings is 1. The normalized spacial score (nSPS) is 10.4. The fraction of sp³-hybridized carbons (Fsp3) is 0.200. The van der Waals surface area contributed by atoms with Crippen molar-refractivity contribution in [3.05, 3.63) is 45.6 Å². The lowest BCUT2D eigenvalue weighted by molar-refractivity contribution is -0.135. The van der Waals surface area contributed by atoms with Crippen molar-refractivity contribution in [1.29, 1.82) is 0 Å². The van der Waals surface area contributed by atoms with Crippen molar-refractivity contribution in [1.82, 2.24) is 0 Å². The molecule has 0 spiro atoms.